The van der Waals surface area contributed by atoms with Crippen LogP contribution in [0, 0.1) is 6.92 Å². The Kier molecular flexibility index (Phi) is 4.20. The molecule has 1 heterocycles. The van der Waals surface area contributed by atoms with Crippen LogP contribution in [-0.2, 0) is 4.79 Å². The molecule has 2 aromatic rings. The van der Waals surface area contributed by atoms with Gasteiger partial charge in [0.2, 0.25) is 5.91 Å². The highest BCUT2D eigenvalue weighted by atomic mass is 35.5. The van der Waals surface area contributed by atoms with Crippen molar-refractivity contribution in [1.29, 1.82) is 0 Å². The number of fused-ring (bicyclic) bond motifs is 1. The van der Waals surface area contributed by atoms with E-state index in [0.29, 0.717) is 18.2 Å². The SMILES string of the molecule is Cc1ccc(OCCN2C(=O)CNc3cc(Cl)ccc32)cc1. The Morgan fingerprint density at radius 1 is 1.23 bits per heavy atom. The van der Waals surface area contributed by atoms with Gasteiger partial charge >= 0.3 is 0 Å². The normalized spacial score (nSPS) is 13.5. The van der Waals surface area contributed by atoms with E-state index in [1.54, 1.807) is 11.0 Å². The minimum absolute atomic E-state index is 0.0299. The number of hydrogen-bond acceptors (Lipinski definition) is 3. The van der Waals surface area contributed by atoms with Gasteiger partial charge in [-0.2, -0.15) is 0 Å². The fraction of sp³-hybridized carbons (Fsp3) is 0.235. The highest BCUT2D eigenvalue weighted by molar-refractivity contribution is 6.31. The van der Waals surface area contributed by atoms with Crippen molar-refractivity contribution < 1.29 is 9.53 Å². The van der Waals surface area contributed by atoms with Gasteiger partial charge in [0.15, 0.2) is 0 Å². The van der Waals surface area contributed by atoms with Crippen molar-refractivity contribution in [3.63, 3.8) is 0 Å². The Morgan fingerprint density at radius 2 is 2.00 bits per heavy atom. The zero-order valence-electron chi connectivity index (χ0n) is 12.3. The lowest BCUT2D eigenvalue weighted by molar-refractivity contribution is -0.117. The molecule has 4 nitrogen and oxygen atoms in total. The van der Waals surface area contributed by atoms with E-state index in [9.17, 15) is 4.79 Å². The van der Waals surface area contributed by atoms with Gasteiger partial charge in [0.1, 0.15) is 12.4 Å². The Morgan fingerprint density at radius 3 is 2.77 bits per heavy atom. The maximum atomic E-state index is 12.1. The largest absolute Gasteiger partial charge is 0.492 e. The smallest absolute Gasteiger partial charge is 0.246 e. The number of nitrogens with zero attached hydrogens (tertiary/aromatic N) is 1. The molecule has 0 fully saturated rings. The number of ether oxygens (including phenoxy) is 1. The molecule has 0 aromatic heterocycles. The molecule has 0 bridgehead atoms. The molecule has 0 unspecified atom stereocenters. The topological polar surface area (TPSA) is 41.6 Å². The summed E-state index contributed by atoms with van der Waals surface area (Å²) < 4.78 is 5.71. The van der Waals surface area contributed by atoms with Crippen LogP contribution in [0.2, 0.25) is 5.02 Å². The maximum Gasteiger partial charge on any atom is 0.246 e. The molecule has 0 aliphatic carbocycles. The predicted octanol–water partition coefficient (Wildman–Crippen LogP) is 3.49. The molecule has 0 spiro atoms. The Labute approximate surface area is 134 Å². The molecule has 0 saturated heterocycles. The molecule has 22 heavy (non-hydrogen) atoms. The summed E-state index contributed by atoms with van der Waals surface area (Å²) in [4.78, 5) is 13.8. The van der Waals surface area contributed by atoms with Gasteiger partial charge in [0.05, 0.1) is 24.5 Å². The van der Waals surface area contributed by atoms with Crippen molar-refractivity contribution in [2.45, 2.75) is 6.92 Å². The van der Waals surface area contributed by atoms with Gasteiger partial charge in [-0.25, -0.2) is 0 Å². The van der Waals surface area contributed by atoms with Gasteiger partial charge in [-0.3, -0.25) is 4.79 Å². The molecule has 1 aliphatic heterocycles. The third-order valence-electron chi connectivity index (χ3n) is 3.59. The van der Waals surface area contributed by atoms with Gasteiger partial charge in [0.25, 0.3) is 0 Å². The number of benzene rings is 2. The summed E-state index contributed by atoms with van der Waals surface area (Å²) in [5.41, 5.74) is 2.91. The zero-order chi connectivity index (χ0) is 15.5. The van der Waals surface area contributed by atoms with Gasteiger partial charge in [-0.15, -0.1) is 0 Å². The van der Waals surface area contributed by atoms with Crippen LogP contribution in [0.1, 0.15) is 5.56 Å². The zero-order valence-corrected chi connectivity index (χ0v) is 13.1. The number of nitrogens with one attached hydrogen (secondary N) is 1. The molecular weight excluding hydrogens is 300 g/mol. The van der Waals surface area contributed by atoms with E-state index in [0.717, 1.165) is 17.1 Å². The molecule has 1 amide bonds. The van der Waals surface area contributed by atoms with E-state index in [1.165, 1.54) is 5.56 Å². The fourth-order valence-corrected chi connectivity index (χ4v) is 2.59. The lowest BCUT2D eigenvalue weighted by Gasteiger charge is -2.30. The average Bonchev–Trinajstić information content (AvgIpc) is 2.51. The molecule has 0 atom stereocenters. The van der Waals surface area contributed by atoms with Gasteiger partial charge in [-0.05, 0) is 37.3 Å². The van der Waals surface area contributed by atoms with E-state index in [2.05, 4.69) is 5.32 Å². The maximum absolute atomic E-state index is 12.1. The standard InChI is InChI=1S/C17H17ClN2O2/c1-12-2-5-14(6-3-12)22-9-8-20-16-7-4-13(18)10-15(16)19-11-17(20)21/h2-7,10,19H,8-9,11H2,1H3. The number of amides is 1. The monoisotopic (exact) mass is 316 g/mol. The Hall–Kier alpha value is -2.20. The third kappa shape index (κ3) is 3.17. The Balaban J connectivity index is 1.67. The van der Waals surface area contributed by atoms with Crippen LogP contribution in [0.25, 0.3) is 0 Å². The number of carbonyl (C=O) groups excluding carboxylic acids is 1. The first kappa shape index (κ1) is 14.7. The minimum Gasteiger partial charge on any atom is -0.492 e. The van der Waals surface area contributed by atoms with Crippen molar-refractivity contribution in [1.82, 2.24) is 0 Å². The summed E-state index contributed by atoms with van der Waals surface area (Å²) in [5.74, 6) is 0.840. The lowest BCUT2D eigenvalue weighted by Crippen LogP contribution is -2.42. The first-order chi connectivity index (χ1) is 10.6. The molecule has 2 aromatic carbocycles. The lowest BCUT2D eigenvalue weighted by atomic mass is 10.2. The van der Waals surface area contributed by atoms with Crippen LogP contribution < -0.4 is 15.0 Å². The number of hydrogen-bond donors (Lipinski definition) is 1. The number of halogens is 1. The second-order valence-corrected chi connectivity index (χ2v) is 5.66. The summed E-state index contributed by atoms with van der Waals surface area (Å²) in [5, 5.41) is 3.73. The molecule has 1 aliphatic rings. The van der Waals surface area contributed by atoms with Crippen molar-refractivity contribution >= 4 is 28.9 Å². The Bertz CT molecular complexity index is 686. The molecule has 5 heteroatoms. The quantitative estimate of drug-likeness (QED) is 0.939. The van der Waals surface area contributed by atoms with E-state index in [1.807, 2.05) is 43.3 Å². The van der Waals surface area contributed by atoms with Gasteiger partial charge < -0.3 is 15.0 Å². The van der Waals surface area contributed by atoms with Crippen LogP contribution in [-0.4, -0.2) is 25.6 Å². The predicted molar refractivity (Wildman–Crippen MR) is 89.0 cm³/mol. The third-order valence-corrected chi connectivity index (χ3v) is 3.82. The van der Waals surface area contributed by atoms with Crippen LogP contribution in [0.5, 0.6) is 5.75 Å². The van der Waals surface area contributed by atoms with Crippen LogP contribution >= 0.6 is 11.6 Å². The van der Waals surface area contributed by atoms with Crippen LogP contribution in [0.3, 0.4) is 0 Å². The summed E-state index contributed by atoms with van der Waals surface area (Å²) >= 11 is 5.99. The summed E-state index contributed by atoms with van der Waals surface area (Å²) in [7, 11) is 0. The number of rotatable bonds is 4. The summed E-state index contributed by atoms with van der Waals surface area (Å²) in [6.07, 6.45) is 0. The van der Waals surface area contributed by atoms with Crippen molar-refractivity contribution in [2.24, 2.45) is 0 Å². The highest BCUT2D eigenvalue weighted by Gasteiger charge is 2.23. The molecule has 1 N–H and O–H groups in total. The molecule has 3 rings (SSSR count). The second-order valence-electron chi connectivity index (χ2n) is 5.22. The summed E-state index contributed by atoms with van der Waals surface area (Å²) in [6.45, 7) is 3.25. The first-order valence-electron chi connectivity index (χ1n) is 7.17. The van der Waals surface area contributed by atoms with Crippen LogP contribution in [0.15, 0.2) is 42.5 Å². The van der Waals surface area contributed by atoms with Crippen molar-refractivity contribution in [2.75, 3.05) is 29.9 Å². The first-order valence-corrected chi connectivity index (χ1v) is 7.54. The molecule has 0 saturated carbocycles. The van der Waals surface area contributed by atoms with Gasteiger partial charge in [0, 0.05) is 5.02 Å². The molecular formula is C17H17ClN2O2. The van der Waals surface area contributed by atoms with Crippen molar-refractivity contribution in [3.8, 4) is 5.75 Å². The second kappa shape index (κ2) is 6.28. The summed E-state index contributed by atoms with van der Waals surface area (Å²) in [6, 6.07) is 13.3. The van der Waals surface area contributed by atoms with Crippen LogP contribution in [0.4, 0.5) is 11.4 Å². The average molecular weight is 317 g/mol. The van der Waals surface area contributed by atoms with E-state index in [-0.39, 0.29) is 12.5 Å². The minimum atomic E-state index is 0.0299. The van der Waals surface area contributed by atoms with Crippen molar-refractivity contribution in [3.05, 3.63) is 53.1 Å². The highest BCUT2D eigenvalue weighted by Crippen LogP contribution is 2.31. The van der Waals surface area contributed by atoms with E-state index in [4.69, 9.17) is 16.3 Å². The van der Waals surface area contributed by atoms with E-state index >= 15 is 0 Å². The molecule has 114 valence electrons. The number of carbonyl (C=O) groups is 1. The number of anilines is 2. The number of aryl methyl sites for hydroxylation is 1. The van der Waals surface area contributed by atoms with E-state index < -0.39 is 0 Å². The van der Waals surface area contributed by atoms with Gasteiger partial charge in [-0.1, -0.05) is 29.3 Å². The fourth-order valence-electron chi connectivity index (χ4n) is 2.42. The molecule has 0 radical (unpaired) electrons.